The van der Waals surface area contributed by atoms with E-state index in [2.05, 4.69) is 15.3 Å². The Bertz CT molecular complexity index is 580. The first-order chi connectivity index (χ1) is 8.60. The number of benzene rings is 1. The minimum atomic E-state index is -0.667. The summed E-state index contributed by atoms with van der Waals surface area (Å²) in [6.07, 6.45) is 1.02. The number of nitrogens with one attached hydrogen (secondary N) is 1. The average Bonchev–Trinajstić information content (AvgIpc) is 2.36. The summed E-state index contributed by atoms with van der Waals surface area (Å²) in [5, 5.41) is 3.39. The second kappa shape index (κ2) is 5.37. The van der Waals surface area contributed by atoms with Gasteiger partial charge in [-0.15, -0.1) is 0 Å². The van der Waals surface area contributed by atoms with Gasteiger partial charge < -0.3 is 10.1 Å². The molecule has 94 valence electrons. The van der Waals surface area contributed by atoms with Crippen LogP contribution in [0.15, 0.2) is 24.4 Å². The molecule has 0 atom stereocenters. The fourth-order valence-corrected chi connectivity index (χ4v) is 1.48. The SMILES string of the molecule is CNc1ncc(F)c(Oc2ccc(Cl)c(Cl)c2)n1. The zero-order valence-corrected chi connectivity index (χ0v) is 10.8. The van der Waals surface area contributed by atoms with E-state index in [0.29, 0.717) is 15.8 Å². The number of nitrogens with zero attached hydrogens (tertiary/aromatic N) is 2. The van der Waals surface area contributed by atoms with Gasteiger partial charge >= 0.3 is 0 Å². The molecule has 0 unspecified atom stereocenters. The number of hydrogen-bond acceptors (Lipinski definition) is 4. The predicted molar refractivity (Wildman–Crippen MR) is 68.1 cm³/mol. The molecule has 18 heavy (non-hydrogen) atoms. The van der Waals surface area contributed by atoms with Crippen LogP contribution in [0.5, 0.6) is 11.6 Å². The van der Waals surface area contributed by atoms with E-state index in [0.717, 1.165) is 6.20 Å². The lowest BCUT2D eigenvalue weighted by Gasteiger charge is -2.07. The summed E-state index contributed by atoms with van der Waals surface area (Å²) in [4.78, 5) is 7.55. The molecule has 0 fully saturated rings. The molecule has 1 N–H and O–H groups in total. The minimum absolute atomic E-state index is 0.187. The zero-order chi connectivity index (χ0) is 13.1. The van der Waals surface area contributed by atoms with Gasteiger partial charge in [-0.1, -0.05) is 23.2 Å². The fraction of sp³-hybridized carbons (Fsp3) is 0.0909. The van der Waals surface area contributed by atoms with Crippen molar-refractivity contribution in [3.8, 4) is 11.6 Å². The van der Waals surface area contributed by atoms with Gasteiger partial charge in [0, 0.05) is 13.1 Å². The van der Waals surface area contributed by atoms with Crippen molar-refractivity contribution in [1.29, 1.82) is 0 Å². The molecule has 2 rings (SSSR count). The maximum absolute atomic E-state index is 13.4. The Morgan fingerprint density at radius 1 is 1.28 bits per heavy atom. The monoisotopic (exact) mass is 287 g/mol. The van der Waals surface area contributed by atoms with E-state index in [-0.39, 0.29) is 11.8 Å². The lowest BCUT2D eigenvalue weighted by atomic mass is 10.3. The van der Waals surface area contributed by atoms with Crippen LogP contribution in [0.25, 0.3) is 0 Å². The van der Waals surface area contributed by atoms with Crippen LogP contribution in [0.1, 0.15) is 0 Å². The molecule has 4 nitrogen and oxygen atoms in total. The Balaban J connectivity index is 2.30. The standard InChI is InChI=1S/C11H8Cl2FN3O/c1-15-11-16-5-9(14)10(17-11)18-6-2-3-7(12)8(13)4-6/h2-5H,1H3,(H,15,16,17). The topological polar surface area (TPSA) is 47.0 Å². The van der Waals surface area contributed by atoms with Crippen LogP contribution < -0.4 is 10.1 Å². The van der Waals surface area contributed by atoms with Gasteiger partial charge in [0.15, 0.2) is 0 Å². The van der Waals surface area contributed by atoms with Gasteiger partial charge in [0.05, 0.1) is 16.2 Å². The number of rotatable bonds is 3. The first-order valence-corrected chi connectivity index (χ1v) is 5.69. The van der Waals surface area contributed by atoms with E-state index in [4.69, 9.17) is 27.9 Å². The number of anilines is 1. The molecular weight excluding hydrogens is 280 g/mol. The highest BCUT2D eigenvalue weighted by atomic mass is 35.5. The van der Waals surface area contributed by atoms with E-state index in [1.165, 1.54) is 6.07 Å². The summed E-state index contributed by atoms with van der Waals surface area (Å²) in [6, 6.07) is 4.59. The maximum atomic E-state index is 13.4. The van der Waals surface area contributed by atoms with Crippen LogP contribution >= 0.6 is 23.2 Å². The molecule has 7 heteroatoms. The highest BCUT2D eigenvalue weighted by Gasteiger charge is 2.09. The second-order valence-electron chi connectivity index (χ2n) is 3.27. The van der Waals surface area contributed by atoms with E-state index < -0.39 is 5.82 Å². The third kappa shape index (κ3) is 2.80. The van der Waals surface area contributed by atoms with Gasteiger partial charge in [-0.2, -0.15) is 9.37 Å². The first kappa shape index (κ1) is 12.9. The van der Waals surface area contributed by atoms with Crippen LogP contribution in [0.3, 0.4) is 0 Å². The molecule has 1 aromatic carbocycles. The molecule has 1 aromatic heterocycles. The third-order valence-corrected chi connectivity index (χ3v) is 2.78. The smallest absolute Gasteiger partial charge is 0.260 e. The van der Waals surface area contributed by atoms with Gasteiger partial charge in [-0.3, -0.25) is 0 Å². The number of halogens is 3. The molecule has 0 aliphatic rings. The van der Waals surface area contributed by atoms with Gasteiger partial charge in [0.2, 0.25) is 11.8 Å². The summed E-state index contributed by atoms with van der Waals surface area (Å²) in [7, 11) is 1.62. The van der Waals surface area contributed by atoms with Gasteiger partial charge in [0.25, 0.3) is 5.88 Å². The predicted octanol–water partition coefficient (Wildman–Crippen LogP) is 3.76. The molecule has 0 saturated carbocycles. The largest absolute Gasteiger partial charge is 0.436 e. The molecule has 0 bridgehead atoms. The summed E-state index contributed by atoms with van der Waals surface area (Å²) >= 11 is 11.6. The second-order valence-corrected chi connectivity index (χ2v) is 4.09. The van der Waals surface area contributed by atoms with Crippen LogP contribution in [0, 0.1) is 5.82 Å². The molecule has 0 radical (unpaired) electrons. The van der Waals surface area contributed by atoms with Gasteiger partial charge in [-0.05, 0) is 12.1 Å². The molecule has 2 aromatic rings. The van der Waals surface area contributed by atoms with Crippen molar-refractivity contribution in [2.45, 2.75) is 0 Å². The maximum Gasteiger partial charge on any atom is 0.260 e. The van der Waals surface area contributed by atoms with Crippen molar-refractivity contribution < 1.29 is 9.13 Å². The van der Waals surface area contributed by atoms with Gasteiger partial charge in [0.1, 0.15) is 5.75 Å². The van der Waals surface area contributed by atoms with Crippen LogP contribution in [-0.4, -0.2) is 17.0 Å². The third-order valence-electron chi connectivity index (χ3n) is 2.04. The highest BCUT2D eigenvalue weighted by Crippen LogP contribution is 2.29. The van der Waals surface area contributed by atoms with Crippen molar-refractivity contribution in [2.24, 2.45) is 0 Å². The Hall–Kier alpha value is -1.59. The number of aromatic nitrogens is 2. The van der Waals surface area contributed by atoms with Crippen molar-refractivity contribution in [2.75, 3.05) is 12.4 Å². The van der Waals surface area contributed by atoms with Crippen molar-refractivity contribution in [3.63, 3.8) is 0 Å². The van der Waals surface area contributed by atoms with Crippen LogP contribution in [0.4, 0.5) is 10.3 Å². The van der Waals surface area contributed by atoms with Gasteiger partial charge in [-0.25, -0.2) is 4.98 Å². The molecule has 0 saturated heterocycles. The summed E-state index contributed by atoms with van der Waals surface area (Å²) in [6.45, 7) is 0. The molecular formula is C11H8Cl2FN3O. The molecule has 0 amide bonds. The summed E-state index contributed by atoms with van der Waals surface area (Å²) in [5.41, 5.74) is 0. The Kier molecular flexibility index (Phi) is 3.84. The minimum Gasteiger partial charge on any atom is -0.436 e. The molecule has 0 spiro atoms. The highest BCUT2D eigenvalue weighted by molar-refractivity contribution is 6.42. The van der Waals surface area contributed by atoms with Crippen molar-refractivity contribution >= 4 is 29.2 Å². The summed E-state index contributed by atoms with van der Waals surface area (Å²) < 4.78 is 18.7. The van der Waals surface area contributed by atoms with E-state index in [1.54, 1.807) is 19.2 Å². The Morgan fingerprint density at radius 3 is 2.72 bits per heavy atom. The lowest BCUT2D eigenvalue weighted by molar-refractivity contribution is 0.421. The normalized spacial score (nSPS) is 10.2. The summed E-state index contributed by atoms with van der Waals surface area (Å²) in [5.74, 6) is -0.261. The quantitative estimate of drug-likeness (QED) is 0.934. The fourth-order valence-electron chi connectivity index (χ4n) is 1.20. The molecule has 0 aliphatic heterocycles. The van der Waals surface area contributed by atoms with Crippen LogP contribution in [-0.2, 0) is 0 Å². The first-order valence-electron chi connectivity index (χ1n) is 4.93. The van der Waals surface area contributed by atoms with E-state index in [9.17, 15) is 4.39 Å². The Labute approximate surface area is 113 Å². The molecule has 0 aliphatic carbocycles. The zero-order valence-electron chi connectivity index (χ0n) is 9.25. The molecule has 1 heterocycles. The number of ether oxygens (including phenoxy) is 1. The Morgan fingerprint density at radius 2 is 2.06 bits per heavy atom. The lowest BCUT2D eigenvalue weighted by Crippen LogP contribution is -2.00. The average molecular weight is 288 g/mol. The van der Waals surface area contributed by atoms with E-state index in [1.807, 2.05) is 0 Å². The van der Waals surface area contributed by atoms with Crippen molar-refractivity contribution in [1.82, 2.24) is 9.97 Å². The van der Waals surface area contributed by atoms with Crippen LogP contribution in [0.2, 0.25) is 10.0 Å². The number of hydrogen-bond donors (Lipinski definition) is 1. The van der Waals surface area contributed by atoms with Crippen molar-refractivity contribution in [3.05, 3.63) is 40.3 Å². The van der Waals surface area contributed by atoms with E-state index >= 15 is 0 Å².